The van der Waals surface area contributed by atoms with Crippen molar-refractivity contribution in [3.63, 3.8) is 0 Å². The lowest BCUT2D eigenvalue weighted by Crippen LogP contribution is -2.25. The first-order chi connectivity index (χ1) is 9.72. The van der Waals surface area contributed by atoms with Crippen molar-refractivity contribution >= 4 is 5.91 Å². The molecule has 0 radical (unpaired) electrons. The zero-order chi connectivity index (χ0) is 14.8. The van der Waals surface area contributed by atoms with Gasteiger partial charge in [-0.15, -0.1) is 0 Å². The number of hydrogen-bond acceptors (Lipinski definition) is 4. The molecule has 1 amide bonds. The largest absolute Gasteiger partial charge is 0.493 e. The standard InChI is InChI=1S/C15H23NO4/c1-4-19-10-6-9-16-15(17)12-7-8-13(20-5-2)14(11-12)18-3/h7-8,11H,4-6,9-10H2,1-3H3,(H,16,17). The third kappa shape index (κ3) is 5.09. The molecule has 1 N–H and O–H groups in total. The zero-order valence-corrected chi connectivity index (χ0v) is 12.4. The van der Waals surface area contributed by atoms with Gasteiger partial charge in [0, 0.05) is 25.3 Å². The predicted octanol–water partition coefficient (Wildman–Crippen LogP) is 2.25. The zero-order valence-electron chi connectivity index (χ0n) is 12.4. The summed E-state index contributed by atoms with van der Waals surface area (Å²) in [5, 5.41) is 2.85. The van der Waals surface area contributed by atoms with Crippen LogP contribution in [0.25, 0.3) is 0 Å². The Kier molecular flexibility index (Phi) is 7.50. The van der Waals surface area contributed by atoms with E-state index >= 15 is 0 Å². The average Bonchev–Trinajstić information content (AvgIpc) is 2.47. The van der Waals surface area contributed by atoms with E-state index in [9.17, 15) is 4.79 Å². The summed E-state index contributed by atoms with van der Waals surface area (Å²) in [6, 6.07) is 5.16. The van der Waals surface area contributed by atoms with E-state index in [1.165, 1.54) is 0 Å². The minimum Gasteiger partial charge on any atom is -0.493 e. The normalized spacial score (nSPS) is 10.2. The predicted molar refractivity (Wildman–Crippen MR) is 77.6 cm³/mol. The Bertz CT molecular complexity index is 420. The van der Waals surface area contributed by atoms with Crippen LogP contribution < -0.4 is 14.8 Å². The molecule has 1 aromatic carbocycles. The van der Waals surface area contributed by atoms with E-state index in [1.807, 2.05) is 13.8 Å². The van der Waals surface area contributed by atoms with Gasteiger partial charge in [0.2, 0.25) is 0 Å². The van der Waals surface area contributed by atoms with Crippen molar-refractivity contribution in [1.82, 2.24) is 5.32 Å². The molecule has 0 atom stereocenters. The molecule has 0 spiro atoms. The van der Waals surface area contributed by atoms with Gasteiger partial charge in [0.1, 0.15) is 0 Å². The molecule has 1 rings (SSSR count). The fraction of sp³-hybridized carbons (Fsp3) is 0.533. The third-order valence-electron chi connectivity index (χ3n) is 2.68. The van der Waals surface area contributed by atoms with Gasteiger partial charge in [-0.1, -0.05) is 0 Å². The highest BCUT2D eigenvalue weighted by Gasteiger charge is 2.10. The molecule has 0 unspecified atom stereocenters. The van der Waals surface area contributed by atoms with Crippen molar-refractivity contribution in [1.29, 1.82) is 0 Å². The molecule has 0 saturated carbocycles. The summed E-state index contributed by atoms with van der Waals surface area (Å²) in [5.41, 5.74) is 0.557. The average molecular weight is 281 g/mol. The van der Waals surface area contributed by atoms with Gasteiger partial charge in [0.05, 0.1) is 13.7 Å². The fourth-order valence-electron chi connectivity index (χ4n) is 1.71. The summed E-state index contributed by atoms with van der Waals surface area (Å²) < 4.78 is 15.8. The van der Waals surface area contributed by atoms with Gasteiger partial charge in [-0.3, -0.25) is 4.79 Å². The molecule has 1 aromatic rings. The van der Waals surface area contributed by atoms with Crippen molar-refractivity contribution in [3.8, 4) is 11.5 Å². The van der Waals surface area contributed by atoms with Crippen molar-refractivity contribution in [2.45, 2.75) is 20.3 Å². The van der Waals surface area contributed by atoms with Crippen LogP contribution >= 0.6 is 0 Å². The lowest BCUT2D eigenvalue weighted by molar-refractivity contribution is 0.0944. The molecule has 5 heteroatoms. The van der Waals surface area contributed by atoms with Gasteiger partial charge in [-0.05, 0) is 38.5 Å². The lowest BCUT2D eigenvalue weighted by atomic mass is 10.2. The minimum absolute atomic E-state index is 0.122. The van der Waals surface area contributed by atoms with E-state index in [1.54, 1.807) is 25.3 Å². The summed E-state index contributed by atoms with van der Waals surface area (Å²) in [6.07, 6.45) is 0.799. The lowest BCUT2D eigenvalue weighted by Gasteiger charge is -2.11. The van der Waals surface area contributed by atoms with E-state index in [2.05, 4.69) is 5.32 Å². The summed E-state index contributed by atoms with van der Waals surface area (Å²) in [7, 11) is 1.56. The molecular weight excluding hydrogens is 258 g/mol. The Balaban J connectivity index is 2.55. The van der Waals surface area contributed by atoms with Gasteiger partial charge < -0.3 is 19.5 Å². The second kappa shape index (κ2) is 9.20. The number of rotatable bonds is 9. The van der Waals surface area contributed by atoms with Crippen molar-refractivity contribution in [2.75, 3.05) is 33.5 Å². The number of nitrogens with one attached hydrogen (secondary N) is 1. The Morgan fingerprint density at radius 2 is 2.00 bits per heavy atom. The van der Waals surface area contributed by atoms with Crippen LogP contribution in [0.1, 0.15) is 30.6 Å². The van der Waals surface area contributed by atoms with Crippen molar-refractivity contribution in [2.24, 2.45) is 0 Å². The van der Waals surface area contributed by atoms with E-state index in [0.717, 1.165) is 6.42 Å². The molecule has 0 aliphatic rings. The molecule has 0 saturated heterocycles. The monoisotopic (exact) mass is 281 g/mol. The first-order valence-corrected chi connectivity index (χ1v) is 6.89. The highest BCUT2D eigenvalue weighted by atomic mass is 16.5. The number of ether oxygens (including phenoxy) is 3. The number of carbonyl (C=O) groups excluding carboxylic acids is 1. The summed E-state index contributed by atoms with van der Waals surface area (Å²) in [6.45, 7) is 6.35. The van der Waals surface area contributed by atoms with Gasteiger partial charge in [0.25, 0.3) is 5.91 Å². The smallest absolute Gasteiger partial charge is 0.251 e. The molecule has 5 nitrogen and oxygen atoms in total. The number of methoxy groups -OCH3 is 1. The van der Waals surface area contributed by atoms with Crippen LogP contribution in [-0.2, 0) is 4.74 Å². The first kappa shape index (κ1) is 16.3. The second-order valence-electron chi connectivity index (χ2n) is 4.11. The Hall–Kier alpha value is -1.75. The van der Waals surface area contributed by atoms with Crippen LogP contribution in [0.5, 0.6) is 11.5 Å². The third-order valence-corrected chi connectivity index (χ3v) is 2.68. The van der Waals surface area contributed by atoms with Crippen molar-refractivity contribution < 1.29 is 19.0 Å². The first-order valence-electron chi connectivity index (χ1n) is 6.89. The maximum Gasteiger partial charge on any atom is 0.251 e. The second-order valence-corrected chi connectivity index (χ2v) is 4.11. The number of carbonyl (C=O) groups is 1. The van der Waals surface area contributed by atoms with Crippen LogP contribution in [0, 0.1) is 0 Å². The van der Waals surface area contributed by atoms with Crippen LogP contribution in [0.15, 0.2) is 18.2 Å². The molecule has 0 aliphatic heterocycles. The van der Waals surface area contributed by atoms with E-state index in [0.29, 0.717) is 43.4 Å². The maximum absolute atomic E-state index is 12.0. The van der Waals surface area contributed by atoms with Crippen LogP contribution in [0.3, 0.4) is 0 Å². The summed E-state index contributed by atoms with van der Waals surface area (Å²) in [5.74, 6) is 1.08. The van der Waals surface area contributed by atoms with Gasteiger partial charge in [0.15, 0.2) is 11.5 Å². The Labute approximate surface area is 120 Å². The molecular formula is C15H23NO4. The molecule has 112 valence electrons. The maximum atomic E-state index is 12.0. The molecule has 20 heavy (non-hydrogen) atoms. The fourth-order valence-corrected chi connectivity index (χ4v) is 1.71. The van der Waals surface area contributed by atoms with Crippen molar-refractivity contribution in [3.05, 3.63) is 23.8 Å². The minimum atomic E-state index is -0.122. The van der Waals surface area contributed by atoms with Gasteiger partial charge in [-0.25, -0.2) is 0 Å². The number of hydrogen-bond donors (Lipinski definition) is 1. The van der Waals surface area contributed by atoms with Crippen LogP contribution in [-0.4, -0.2) is 39.4 Å². The van der Waals surface area contributed by atoms with Crippen LogP contribution in [0.4, 0.5) is 0 Å². The Morgan fingerprint density at radius 1 is 1.20 bits per heavy atom. The Morgan fingerprint density at radius 3 is 2.65 bits per heavy atom. The topological polar surface area (TPSA) is 56.8 Å². The number of amides is 1. The molecule has 0 fully saturated rings. The van der Waals surface area contributed by atoms with Gasteiger partial charge >= 0.3 is 0 Å². The molecule has 0 heterocycles. The van der Waals surface area contributed by atoms with E-state index in [4.69, 9.17) is 14.2 Å². The molecule has 0 aliphatic carbocycles. The highest BCUT2D eigenvalue weighted by molar-refractivity contribution is 5.94. The SMILES string of the molecule is CCOCCCNC(=O)c1ccc(OCC)c(OC)c1. The summed E-state index contributed by atoms with van der Waals surface area (Å²) in [4.78, 5) is 12.0. The van der Waals surface area contributed by atoms with Crippen LogP contribution in [0.2, 0.25) is 0 Å². The number of benzene rings is 1. The molecule has 0 aromatic heterocycles. The highest BCUT2D eigenvalue weighted by Crippen LogP contribution is 2.27. The van der Waals surface area contributed by atoms with E-state index in [-0.39, 0.29) is 5.91 Å². The van der Waals surface area contributed by atoms with E-state index < -0.39 is 0 Å². The van der Waals surface area contributed by atoms with Gasteiger partial charge in [-0.2, -0.15) is 0 Å². The summed E-state index contributed by atoms with van der Waals surface area (Å²) >= 11 is 0. The molecule has 0 bridgehead atoms. The quantitative estimate of drug-likeness (QED) is 0.705.